The Hall–Kier alpha value is -0.0400. The zero-order valence-electron chi connectivity index (χ0n) is 10.1. The van der Waals surface area contributed by atoms with E-state index in [1.165, 1.54) is 57.9 Å². The minimum atomic E-state index is 0.770. The highest BCUT2D eigenvalue weighted by Crippen LogP contribution is 2.60. The maximum atomic E-state index is 3.81. The lowest BCUT2D eigenvalue weighted by Gasteiger charge is -2.29. The second-order valence-corrected chi connectivity index (χ2v) is 6.45. The average Bonchev–Trinajstić information content (AvgIpc) is 2.99. The van der Waals surface area contributed by atoms with Crippen LogP contribution in [0.5, 0.6) is 0 Å². The normalized spacial score (nSPS) is 31.0. The maximum absolute atomic E-state index is 3.81. The Labute approximate surface area is 94.0 Å². The molecule has 1 heteroatoms. The van der Waals surface area contributed by atoms with Gasteiger partial charge in [0.1, 0.15) is 0 Å². The molecule has 86 valence electrons. The summed E-state index contributed by atoms with van der Waals surface area (Å²) >= 11 is 0. The molecular weight excluding hydrogens is 182 g/mol. The van der Waals surface area contributed by atoms with Gasteiger partial charge in [-0.1, -0.05) is 19.3 Å². The van der Waals surface area contributed by atoms with E-state index in [4.69, 9.17) is 0 Å². The van der Waals surface area contributed by atoms with E-state index in [1.807, 2.05) is 0 Å². The molecule has 0 amide bonds. The molecule has 3 saturated carbocycles. The van der Waals surface area contributed by atoms with Crippen molar-refractivity contribution in [3.05, 3.63) is 0 Å². The van der Waals surface area contributed by atoms with E-state index in [9.17, 15) is 0 Å². The van der Waals surface area contributed by atoms with Crippen LogP contribution in [0, 0.1) is 17.3 Å². The Morgan fingerprint density at radius 1 is 1.20 bits per heavy atom. The minimum absolute atomic E-state index is 0.770. The summed E-state index contributed by atoms with van der Waals surface area (Å²) in [6, 6.07) is 0.770. The zero-order chi connectivity index (χ0) is 10.3. The fourth-order valence-electron chi connectivity index (χ4n) is 3.27. The molecule has 0 bridgehead atoms. The molecule has 1 unspecified atom stereocenters. The SMILES string of the molecule is CC(CC1CCC1)NCC1(C2CC2)CC1. The zero-order valence-corrected chi connectivity index (χ0v) is 10.1. The Kier molecular flexibility index (Phi) is 2.54. The molecule has 0 aromatic heterocycles. The quantitative estimate of drug-likeness (QED) is 0.704. The molecule has 1 nitrogen and oxygen atoms in total. The van der Waals surface area contributed by atoms with Crippen LogP contribution in [0.25, 0.3) is 0 Å². The van der Waals surface area contributed by atoms with Crippen LogP contribution >= 0.6 is 0 Å². The van der Waals surface area contributed by atoms with E-state index in [1.54, 1.807) is 0 Å². The van der Waals surface area contributed by atoms with Crippen LogP contribution in [0.15, 0.2) is 0 Å². The smallest absolute Gasteiger partial charge is 0.00415 e. The third kappa shape index (κ3) is 2.22. The second-order valence-electron chi connectivity index (χ2n) is 6.45. The van der Waals surface area contributed by atoms with Crippen LogP contribution in [0.2, 0.25) is 0 Å². The van der Waals surface area contributed by atoms with Crippen molar-refractivity contribution in [2.75, 3.05) is 6.54 Å². The lowest BCUT2D eigenvalue weighted by molar-refractivity contribution is 0.256. The van der Waals surface area contributed by atoms with Gasteiger partial charge in [-0.2, -0.15) is 0 Å². The number of nitrogens with one attached hydrogen (secondary N) is 1. The predicted molar refractivity (Wildman–Crippen MR) is 63.8 cm³/mol. The third-order valence-electron chi connectivity index (χ3n) is 5.05. The second kappa shape index (κ2) is 3.76. The molecule has 3 aliphatic rings. The lowest BCUT2D eigenvalue weighted by atomic mass is 9.81. The Balaban J connectivity index is 1.37. The topological polar surface area (TPSA) is 12.0 Å². The van der Waals surface area contributed by atoms with E-state index in [0.29, 0.717) is 0 Å². The standard InChI is InChI=1S/C14H25N/c1-11(9-12-3-2-4-12)15-10-14(7-8-14)13-5-6-13/h11-13,15H,2-10H2,1H3. The van der Waals surface area contributed by atoms with Crippen LogP contribution in [-0.4, -0.2) is 12.6 Å². The molecule has 1 N–H and O–H groups in total. The molecule has 0 aliphatic heterocycles. The van der Waals surface area contributed by atoms with Crippen molar-refractivity contribution in [1.29, 1.82) is 0 Å². The van der Waals surface area contributed by atoms with Crippen molar-refractivity contribution in [2.45, 2.75) is 64.3 Å². The van der Waals surface area contributed by atoms with Gasteiger partial charge in [0.15, 0.2) is 0 Å². The summed E-state index contributed by atoms with van der Waals surface area (Å²) < 4.78 is 0. The molecule has 0 saturated heterocycles. The minimum Gasteiger partial charge on any atom is -0.314 e. The fourth-order valence-corrected chi connectivity index (χ4v) is 3.27. The molecule has 0 spiro atoms. The summed E-state index contributed by atoms with van der Waals surface area (Å²) in [5.74, 6) is 2.17. The Morgan fingerprint density at radius 3 is 2.40 bits per heavy atom. The summed E-state index contributed by atoms with van der Waals surface area (Å²) in [7, 11) is 0. The van der Waals surface area contributed by atoms with E-state index in [2.05, 4.69) is 12.2 Å². The average molecular weight is 207 g/mol. The highest BCUT2D eigenvalue weighted by atomic mass is 14.9. The maximum Gasteiger partial charge on any atom is 0.00415 e. The van der Waals surface area contributed by atoms with Crippen molar-refractivity contribution in [3.8, 4) is 0 Å². The summed E-state index contributed by atoms with van der Waals surface area (Å²) in [6.45, 7) is 3.72. The predicted octanol–water partition coefficient (Wildman–Crippen LogP) is 3.34. The van der Waals surface area contributed by atoms with Crippen molar-refractivity contribution < 1.29 is 0 Å². The molecule has 3 fully saturated rings. The molecule has 3 aliphatic carbocycles. The summed E-state index contributed by atoms with van der Waals surface area (Å²) in [5.41, 5.74) is 0.786. The first kappa shape index (κ1) is 10.1. The molecule has 15 heavy (non-hydrogen) atoms. The van der Waals surface area contributed by atoms with Gasteiger partial charge in [0.25, 0.3) is 0 Å². The van der Waals surface area contributed by atoms with Crippen LogP contribution < -0.4 is 5.32 Å². The van der Waals surface area contributed by atoms with Crippen molar-refractivity contribution >= 4 is 0 Å². The highest BCUT2D eigenvalue weighted by Gasteiger charge is 2.53. The van der Waals surface area contributed by atoms with Crippen LogP contribution in [0.4, 0.5) is 0 Å². The Bertz CT molecular complexity index is 223. The molecule has 3 rings (SSSR count). The molecule has 1 atom stereocenters. The molecule has 0 radical (unpaired) electrons. The first-order valence-electron chi connectivity index (χ1n) is 7.02. The third-order valence-corrected chi connectivity index (χ3v) is 5.05. The van der Waals surface area contributed by atoms with Gasteiger partial charge in [-0.15, -0.1) is 0 Å². The van der Waals surface area contributed by atoms with Crippen molar-refractivity contribution in [1.82, 2.24) is 5.32 Å². The number of hydrogen-bond acceptors (Lipinski definition) is 1. The molecule has 0 aromatic carbocycles. The van der Waals surface area contributed by atoms with Crippen LogP contribution in [-0.2, 0) is 0 Å². The van der Waals surface area contributed by atoms with Gasteiger partial charge in [-0.05, 0) is 56.3 Å². The fraction of sp³-hybridized carbons (Fsp3) is 1.00. The molecular formula is C14H25N. The van der Waals surface area contributed by atoms with E-state index < -0.39 is 0 Å². The number of hydrogen-bond donors (Lipinski definition) is 1. The molecule has 0 heterocycles. The Morgan fingerprint density at radius 2 is 1.93 bits per heavy atom. The van der Waals surface area contributed by atoms with Gasteiger partial charge in [-0.3, -0.25) is 0 Å². The van der Waals surface area contributed by atoms with Crippen molar-refractivity contribution in [2.24, 2.45) is 17.3 Å². The van der Waals surface area contributed by atoms with Gasteiger partial charge in [0.2, 0.25) is 0 Å². The van der Waals surface area contributed by atoms with Gasteiger partial charge < -0.3 is 5.32 Å². The van der Waals surface area contributed by atoms with Gasteiger partial charge in [-0.25, -0.2) is 0 Å². The first-order chi connectivity index (χ1) is 7.28. The lowest BCUT2D eigenvalue weighted by Crippen LogP contribution is -2.35. The van der Waals surface area contributed by atoms with Gasteiger partial charge >= 0.3 is 0 Å². The number of rotatable bonds is 6. The van der Waals surface area contributed by atoms with E-state index >= 15 is 0 Å². The summed E-state index contributed by atoms with van der Waals surface area (Å²) in [4.78, 5) is 0. The van der Waals surface area contributed by atoms with Gasteiger partial charge in [0.05, 0.1) is 0 Å². The first-order valence-corrected chi connectivity index (χ1v) is 7.02. The highest BCUT2D eigenvalue weighted by molar-refractivity contribution is 5.05. The van der Waals surface area contributed by atoms with E-state index in [-0.39, 0.29) is 0 Å². The summed E-state index contributed by atoms with van der Waals surface area (Å²) in [5, 5.41) is 3.81. The van der Waals surface area contributed by atoms with Gasteiger partial charge in [0, 0.05) is 12.6 Å². The van der Waals surface area contributed by atoms with E-state index in [0.717, 1.165) is 23.3 Å². The molecule has 0 aromatic rings. The van der Waals surface area contributed by atoms with Crippen LogP contribution in [0.3, 0.4) is 0 Å². The summed E-state index contributed by atoms with van der Waals surface area (Å²) in [6.07, 6.45) is 12.0. The monoisotopic (exact) mass is 207 g/mol. The van der Waals surface area contributed by atoms with Crippen molar-refractivity contribution in [3.63, 3.8) is 0 Å². The largest absolute Gasteiger partial charge is 0.314 e. The van der Waals surface area contributed by atoms with Crippen LogP contribution in [0.1, 0.15) is 58.3 Å².